The lowest BCUT2D eigenvalue weighted by Crippen LogP contribution is -2.10. The minimum absolute atomic E-state index is 0.324. The molecule has 1 N–H and O–H groups in total. The van der Waals surface area contributed by atoms with Crippen molar-refractivity contribution >= 4 is 27.5 Å². The second kappa shape index (κ2) is 5.15. The summed E-state index contributed by atoms with van der Waals surface area (Å²) in [5.74, 6) is 0.937. The molecule has 0 aromatic heterocycles. The Bertz CT molecular complexity index is 332. The average Bonchev–Trinajstić information content (AvgIpc) is 2.07. The third kappa shape index (κ3) is 3.50. The summed E-state index contributed by atoms with van der Waals surface area (Å²) in [7, 11) is 0. The molecule has 0 radical (unpaired) electrons. The number of para-hydroxylation sites is 1. The maximum atomic E-state index is 4.40. The molecule has 1 aromatic carbocycles. The van der Waals surface area contributed by atoms with E-state index in [9.17, 15) is 0 Å². The van der Waals surface area contributed by atoms with Gasteiger partial charge in [0.1, 0.15) is 0 Å². The first-order valence-corrected chi connectivity index (χ1v) is 5.45. The zero-order valence-electron chi connectivity index (χ0n) is 8.71. The van der Waals surface area contributed by atoms with E-state index in [1.165, 1.54) is 0 Å². The fraction of sp³-hybridized carbons (Fsp3) is 0.364. The number of aliphatic imine (C=N–C) groups is 1. The minimum atomic E-state index is 0.324. The quantitative estimate of drug-likeness (QED) is 0.632. The summed E-state index contributed by atoms with van der Waals surface area (Å²) in [6, 6.07) is 8.33. The fourth-order valence-corrected chi connectivity index (χ4v) is 1.56. The standard InChI is InChI=1S/C11H15BrN2/c1-8(2)13-9(3)14-11-7-5-4-6-10(11)12/h4-8H,1-3H3,(H,13,14). The van der Waals surface area contributed by atoms with E-state index in [0.717, 1.165) is 16.0 Å². The molecule has 0 fully saturated rings. The van der Waals surface area contributed by atoms with Crippen LogP contribution in [0.4, 0.5) is 5.69 Å². The van der Waals surface area contributed by atoms with Gasteiger partial charge in [-0.2, -0.15) is 0 Å². The molecule has 0 unspecified atom stereocenters. The van der Waals surface area contributed by atoms with E-state index in [1.54, 1.807) is 0 Å². The molecule has 14 heavy (non-hydrogen) atoms. The van der Waals surface area contributed by atoms with Crippen LogP contribution in [-0.2, 0) is 0 Å². The maximum absolute atomic E-state index is 4.40. The number of hydrogen-bond donors (Lipinski definition) is 1. The Morgan fingerprint density at radius 1 is 1.36 bits per heavy atom. The van der Waals surface area contributed by atoms with Crippen molar-refractivity contribution in [2.45, 2.75) is 26.8 Å². The van der Waals surface area contributed by atoms with Gasteiger partial charge in [0, 0.05) is 10.5 Å². The Balaban J connectivity index is 2.74. The van der Waals surface area contributed by atoms with Gasteiger partial charge >= 0.3 is 0 Å². The van der Waals surface area contributed by atoms with Crippen LogP contribution in [0.3, 0.4) is 0 Å². The summed E-state index contributed by atoms with van der Waals surface area (Å²) in [4.78, 5) is 4.40. The molecule has 3 heteroatoms. The first-order chi connectivity index (χ1) is 6.59. The van der Waals surface area contributed by atoms with E-state index in [-0.39, 0.29) is 0 Å². The highest BCUT2D eigenvalue weighted by Gasteiger charge is 1.98. The highest BCUT2D eigenvalue weighted by atomic mass is 79.9. The molecule has 0 spiro atoms. The Labute approximate surface area is 93.6 Å². The second-order valence-corrected chi connectivity index (χ2v) is 4.27. The van der Waals surface area contributed by atoms with E-state index in [0.29, 0.717) is 6.04 Å². The molecular formula is C11H15BrN2. The van der Waals surface area contributed by atoms with Gasteiger partial charge in [-0.15, -0.1) is 0 Å². The van der Waals surface area contributed by atoms with Crippen molar-refractivity contribution < 1.29 is 0 Å². The molecule has 1 rings (SSSR count). The maximum Gasteiger partial charge on any atom is 0.0979 e. The Morgan fingerprint density at radius 2 is 2.00 bits per heavy atom. The lowest BCUT2D eigenvalue weighted by atomic mass is 10.3. The number of anilines is 1. The topological polar surface area (TPSA) is 24.4 Å². The van der Waals surface area contributed by atoms with Gasteiger partial charge in [-0.05, 0) is 48.8 Å². The van der Waals surface area contributed by atoms with Gasteiger partial charge in [0.15, 0.2) is 0 Å². The lowest BCUT2D eigenvalue weighted by molar-refractivity contribution is 0.834. The van der Waals surface area contributed by atoms with Crippen molar-refractivity contribution in [2.75, 3.05) is 5.32 Å². The molecule has 1 aromatic rings. The second-order valence-electron chi connectivity index (χ2n) is 3.41. The van der Waals surface area contributed by atoms with Crippen molar-refractivity contribution in [2.24, 2.45) is 4.99 Å². The number of nitrogens with one attached hydrogen (secondary N) is 1. The first-order valence-electron chi connectivity index (χ1n) is 4.65. The van der Waals surface area contributed by atoms with Crippen LogP contribution in [0.5, 0.6) is 0 Å². The normalized spacial score (nSPS) is 11.9. The van der Waals surface area contributed by atoms with E-state index in [1.807, 2.05) is 31.2 Å². The number of hydrogen-bond acceptors (Lipinski definition) is 1. The van der Waals surface area contributed by atoms with E-state index < -0.39 is 0 Å². The van der Waals surface area contributed by atoms with Gasteiger partial charge in [0.05, 0.1) is 11.5 Å². The van der Waals surface area contributed by atoms with Crippen LogP contribution in [0.15, 0.2) is 33.7 Å². The van der Waals surface area contributed by atoms with Crippen molar-refractivity contribution in [1.82, 2.24) is 0 Å². The summed E-state index contributed by atoms with van der Waals surface area (Å²) in [5.41, 5.74) is 1.05. The number of benzene rings is 1. The molecule has 0 aliphatic heterocycles. The van der Waals surface area contributed by atoms with Crippen molar-refractivity contribution in [3.63, 3.8) is 0 Å². The van der Waals surface area contributed by atoms with E-state index in [2.05, 4.69) is 40.1 Å². The summed E-state index contributed by atoms with van der Waals surface area (Å²) < 4.78 is 1.05. The van der Waals surface area contributed by atoms with Crippen LogP contribution >= 0.6 is 15.9 Å². The van der Waals surface area contributed by atoms with E-state index >= 15 is 0 Å². The largest absolute Gasteiger partial charge is 0.343 e. The van der Waals surface area contributed by atoms with E-state index in [4.69, 9.17) is 0 Å². The summed E-state index contributed by atoms with van der Waals surface area (Å²) in [6.07, 6.45) is 0. The van der Waals surface area contributed by atoms with Gasteiger partial charge in [0.2, 0.25) is 0 Å². The molecule has 2 nitrogen and oxygen atoms in total. The molecular weight excluding hydrogens is 240 g/mol. The Morgan fingerprint density at radius 3 is 2.57 bits per heavy atom. The van der Waals surface area contributed by atoms with Crippen LogP contribution in [0, 0.1) is 0 Å². The van der Waals surface area contributed by atoms with Crippen LogP contribution < -0.4 is 5.32 Å². The third-order valence-electron chi connectivity index (χ3n) is 1.64. The molecule has 0 amide bonds. The summed E-state index contributed by atoms with van der Waals surface area (Å²) >= 11 is 3.47. The predicted molar refractivity (Wildman–Crippen MR) is 66.0 cm³/mol. The molecule has 0 heterocycles. The predicted octanol–water partition coefficient (Wildman–Crippen LogP) is 3.69. The van der Waals surface area contributed by atoms with Crippen LogP contribution in [-0.4, -0.2) is 11.9 Å². The first kappa shape index (κ1) is 11.2. The van der Waals surface area contributed by atoms with Crippen LogP contribution in [0.1, 0.15) is 20.8 Å². The Kier molecular flexibility index (Phi) is 4.14. The molecule has 0 bridgehead atoms. The van der Waals surface area contributed by atoms with Crippen LogP contribution in [0.25, 0.3) is 0 Å². The van der Waals surface area contributed by atoms with Crippen LogP contribution in [0.2, 0.25) is 0 Å². The highest BCUT2D eigenvalue weighted by molar-refractivity contribution is 9.10. The van der Waals surface area contributed by atoms with Crippen molar-refractivity contribution in [1.29, 1.82) is 0 Å². The molecule has 0 atom stereocenters. The minimum Gasteiger partial charge on any atom is -0.343 e. The molecule has 0 saturated heterocycles. The molecule has 0 aliphatic rings. The number of nitrogens with zero attached hydrogens (tertiary/aromatic N) is 1. The zero-order chi connectivity index (χ0) is 10.6. The average molecular weight is 255 g/mol. The molecule has 0 saturated carbocycles. The lowest BCUT2D eigenvalue weighted by Gasteiger charge is -2.08. The third-order valence-corrected chi connectivity index (χ3v) is 2.33. The molecule has 0 aliphatic carbocycles. The van der Waals surface area contributed by atoms with Gasteiger partial charge in [-0.25, -0.2) is 0 Å². The van der Waals surface area contributed by atoms with Gasteiger partial charge in [-0.1, -0.05) is 12.1 Å². The summed E-state index contributed by atoms with van der Waals surface area (Å²) in [5, 5.41) is 3.24. The summed E-state index contributed by atoms with van der Waals surface area (Å²) in [6.45, 7) is 6.09. The monoisotopic (exact) mass is 254 g/mol. The number of amidine groups is 1. The highest BCUT2D eigenvalue weighted by Crippen LogP contribution is 2.21. The van der Waals surface area contributed by atoms with Crippen molar-refractivity contribution in [3.8, 4) is 0 Å². The zero-order valence-corrected chi connectivity index (χ0v) is 10.3. The van der Waals surface area contributed by atoms with Gasteiger partial charge in [0.25, 0.3) is 0 Å². The SMILES string of the molecule is CC(=NC(C)C)Nc1ccccc1Br. The molecule has 76 valence electrons. The number of halogens is 1. The van der Waals surface area contributed by atoms with Crippen molar-refractivity contribution in [3.05, 3.63) is 28.7 Å². The Hall–Kier alpha value is -0.830. The fourth-order valence-electron chi connectivity index (χ4n) is 1.18. The van der Waals surface area contributed by atoms with Gasteiger partial charge < -0.3 is 5.32 Å². The smallest absolute Gasteiger partial charge is 0.0979 e. The van der Waals surface area contributed by atoms with Gasteiger partial charge in [-0.3, -0.25) is 4.99 Å². The number of rotatable bonds is 2.